The van der Waals surface area contributed by atoms with Crippen molar-refractivity contribution in [2.24, 2.45) is 5.73 Å². The van der Waals surface area contributed by atoms with Crippen LogP contribution in [0.15, 0.2) is 53.3 Å². The van der Waals surface area contributed by atoms with Crippen LogP contribution < -0.4 is 10.6 Å². The normalized spacial score (nSPS) is 10.9. The zero-order valence-corrected chi connectivity index (χ0v) is 11.4. The number of rotatable bonds is 4. The van der Waals surface area contributed by atoms with Crippen LogP contribution >= 0.6 is 0 Å². The molecule has 0 fully saturated rings. The molecule has 3 aromatic rings. The average molecular weight is 267 g/mol. The zero-order chi connectivity index (χ0) is 13.9. The molecule has 102 valence electrons. The van der Waals surface area contributed by atoms with E-state index in [-0.39, 0.29) is 0 Å². The number of nitrogens with zero attached hydrogens (tertiary/aromatic N) is 2. The molecule has 0 radical (unpaired) electrons. The maximum atomic E-state index is 5.75. The molecular weight excluding hydrogens is 250 g/mol. The van der Waals surface area contributed by atoms with Gasteiger partial charge in [0.2, 0.25) is 0 Å². The fourth-order valence-corrected chi connectivity index (χ4v) is 2.37. The Morgan fingerprint density at radius 2 is 2.10 bits per heavy atom. The first-order valence-corrected chi connectivity index (χ1v) is 6.59. The number of benzene rings is 1. The molecule has 0 aliphatic heterocycles. The highest BCUT2D eigenvalue weighted by atomic mass is 16.3. The second-order valence-corrected chi connectivity index (χ2v) is 4.84. The van der Waals surface area contributed by atoms with Crippen LogP contribution in [0.3, 0.4) is 0 Å². The minimum Gasteiger partial charge on any atom is -0.472 e. The van der Waals surface area contributed by atoms with Crippen molar-refractivity contribution in [2.45, 2.75) is 13.1 Å². The minimum absolute atomic E-state index is 0.442. The van der Waals surface area contributed by atoms with Gasteiger partial charge in [0.1, 0.15) is 0 Å². The van der Waals surface area contributed by atoms with Gasteiger partial charge in [0, 0.05) is 36.8 Å². The van der Waals surface area contributed by atoms with Crippen molar-refractivity contribution in [3.05, 3.63) is 60.2 Å². The van der Waals surface area contributed by atoms with E-state index in [0.717, 1.165) is 34.4 Å². The first-order valence-electron chi connectivity index (χ1n) is 6.59. The summed E-state index contributed by atoms with van der Waals surface area (Å²) in [5.41, 5.74) is 9.90. The molecule has 0 spiro atoms. The molecule has 20 heavy (non-hydrogen) atoms. The lowest BCUT2D eigenvalue weighted by atomic mass is 10.1. The number of para-hydroxylation sites is 1. The Labute approximate surface area is 117 Å². The monoisotopic (exact) mass is 267 g/mol. The van der Waals surface area contributed by atoms with E-state index in [9.17, 15) is 0 Å². The number of fused-ring (bicyclic) bond motifs is 1. The highest BCUT2D eigenvalue weighted by Gasteiger charge is 2.10. The van der Waals surface area contributed by atoms with Gasteiger partial charge in [-0.1, -0.05) is 18.2 Å². The summed E-state index contributed by atoms with van der Waals surface area (Å²) in [6, 6.07) is 12.2. The summed E-state index contributed by atoms with van der Waals surface area (Å²) in [5.74, 6) is 0. The van der Waals surface area contributed by atoms with Gasteiger partial charge in [-0.15, -0.1) is 0 Å². The average Bonchev–Trinajstić information content (AvgIpc) is 2.98. The molecule has 0 aliphatic carbocycles. The highest BCUT2D eigenvalue weighted by Crippen LogP contribution is 2.27. The van der Waals surface area contributed by atoms with E-state index in [1.807, 2.05) is 24.3 Å². The van der Waals surface area contributed by atoms with Gasteiger partial charge in [-0.3, -0.25) is 4.98 Å². The largest absolute Gasteiger partial charge is 0.472 e. The van der Waals surface area contributed by atoms with Crippen molar-refractivity contribution in [1.29, 1.82) is 0 Å². The molecule has 0 unspecified atom stereocenters. The lowest BCUT2D eigenvalue weighted by Crippen LogP contribution is -2.17. The number of nitrogens with two attached hydrogens (primary N) is 1. The quantitative estimate of drug-likeness (QED) is 0.789. The second-order valence-electron chi connectivity index (χ2n) is 4.84. The molecule has 0 saturated carbocycles. The first kappa shape index (κ1) is 12.7. The SMILES string of the molecule is CN(Cc1ccoc1)c1cc(CN)nc2ccccc12. The van der Waals surface area contributed by atoms with Crippen molar-refractivity contribution in [3.63, 3.8) is 0 Å². The standard InChI is InChI=1S/C16H17N3O/c1-19(10-12-6-7-20-11-12)16-8-13(9-17)18-15-5-3-2-4-14(15)16/h2-8,11H,9-10,17H2,1H3. The summed E-state index contributed by atoms with van der Waals surface area (Å²) in [6.45, 7) is 1.23. The predicted octanol–water partition coefficient (Wildman–Crippen LogP) is 2.92. The maximum Gasteiger partial charge on any atom is 0.0952 e. The minimum atomic E-state index is 0.442. The lowest BCUT2D eigenvalue weighted by Gasteiger charge is -2.21. The van der Waals surface area contributed by atoms with Gasteiger partial charge in [-0.05, 0) is 18.2 Å². The van der Waals surface area contributed by atoms with E-state index in [0.29, 0.717) is 6.54 Å². The van der Waals surface area contributed by atoms with E-state index >= 15 is 0 Å². The Hall–Kier alpha value is -2.33. The fraction of sp³-hybridized carbons (Fsp3) is 0.188. The lowest BCUT2D eigenvalue weighted by molar-refractivity contribution is 0.563. The molecule has 2 aromatic heterocycles. The molecule has 3 rings (SSSR count). The van der Waals surface area contributed by atoms with Gasteiger partial charge in [0.05, 0.1) is 23.7 Å². The molecule has 0 atom stereocenters. The van der Waals surface area contributed by atoms with Crippen LogP contribution in [0.2, 0.25) is 0 Å². The van der Waals surface area contributed by atoms with E-state index in [4.69, 9.17) is 10.2 Å². The molecule has 2 heterocycles. The molecule has 0 saturated heterocycles. The number of hydrogen-bond acceptors (Lipinski definition) is 4. The Balaban J connectivity index is 2.04. The van der Waals surface area contributed by atoms with Crippen molar-refractivity contribution in [1.82, 2.24) is 4.98 Å². The number of anilines is 1. The molecule has 2 N–H and O–H groups in total. The fourth-order valence-electron chi connectivity index (χ4n) is 2.37. The first-order chi connectivity index (χ1) is 9.78. The van der Waals surface area contributed by atoms with Crippen LogP contribution in [0, 0.1) is 0 Å². The van der Waals surface area contributed by atoms with Crippen molar-refractivity contribution >= 4 is 16.6 Å². The number of furan rings is 1. The summed E-state index contributed by atoms with van der Waals surface area (Å²) < 4.78 is 5.12. The molecule has 0 aliphatic rings. The molecule has 0 bridgehead atoms. The Kier molecular flexibility index (Phi) is 3.39. The highest BCUT2D eigenvalue weighted by molar-refractivity contribution is 5.91. The number of hydrogen-bond donors (Lipinski definition) is 1. The Morgan fingerprint density at radius 3 is 2.85 bits per heavy atom. The maximum absolute atomic E-state index is 5.75. The van der Waals surface area contributed by atoms with Crippen molar-refractivity contribution in [3.8, 4) is 0 Å². The summed E-state index contributed by atoms with van der Waals surface area (Å²) >= 11 is 0. The third-order valence-electron chi connectivity index (χ3n) is 3.37. The van der Waals surface area contributed by atoms with E-state index in [1.165, 1.54) is 0 Å². The van der Waals surface area contributed by atoms with Gasteiger partial charge in [-0.2, -0.15) is 0 Å². The second kappa shape index (κ2) is 5.35. The van der Waals surface area contributed by atoms with Crippen LogP contribution in [-0.4, -0.2) is 12.0 Å². The third kappa shape index (κ3) is 2.38. The summed E-state index contributed by atoms with van der Waals surface area (Å²) in [4.78, 5) is 6.75. The zero-order valence-electron chi connectivity index (χ0n) is 11.4. The topological polar surface area (TPSA) is 55.3 Å². The number of pyridine rings is 1. The van der Waals surface area contributed by atoms with Crippen molar-refractivity contribution < 1.29 is 4.42 Å². The number of aromatic nitrogens is 1. The summed E-state index contributed by atoms with van der Waals surface area (Å²) in [5, 5.41) is 1.13. The van der Waals surface area contributed by atoms with Gasteiger partial charge in [0.25, 0.3) is 0 Å². The molecule has 4 nitrogen and oxygen atoms in total. The molecule has 0 amide bonds. The molecular formula is C16H17N3O. The van der Waals surface area contributed by atoms with Gasteiger partial charge in [-0.25, -0.2) is 0 Å². The summed E-state index contributed by atoms with van der Waals surface area (Å²) in [6.07, 6.45) is 3.46. The van der Waals surface area contributed by atoms with Crippen LogP contribution in [0.25, 0.3) is 10.9 Å². The van der Waals surface area contributed by atoms with Gasteiger partial charge < -0.3 is 15.1 Å². The smallest absolute Gasteiger partial charge is 0.0952 e. The Bertz CT molecular complexity index is 707. The van der Waals surface area contributed by atoms with Crippen molar-refractivity contribution in [2.75, 3.05) is 11.9 Å². The van der Waals surface area contributed by atoms with E-state index in [1.54, 1.807) is 12.5 Å². The molecule has 1 aromatic carbocycles. The third-order valence-corrected chi connectivity index (χ3v) is 3.37. The van der Waals surface area contributed by atoms with E-state index < -0.39 is 0 Å². The van der Waals surface area contributed by atoms with Crippen LogP contribution in [0.5, 0.6) is 0 Å². The van der Waals surface area contributed by atoms with E-state index in [2.05, 4.69) is 29.1 Å². The Morgan fingerprint density at radius 1 is 1.25 bits per heavy atom. The van der Waals surface area contributed by atoms with Gasteiger partial charge in [0.15, 0.2) is 0 Å². The predicted molar refractivity (Wildman–Crippen MR) is 80.4 cm³/mol. The molecule has 4 heteroatoms. The van der Waals surface area contributed by atoms with Crippen LogP contribution in [-0.2, 0) is 13.1 Å². The van der Waals surface area contributed by atoms with Gasteiger partial charge >= 0.3 is 0 Å². The summed E-state index contributed by atoms with van der Waals surface area (Å²) in [7, 11) is 2.06. The van der Waals surface area contributed by atoms with Crippen LogP contribution in [0.1, 0.15) is 11.3 Å². The van der Waals surface area contributed by atoms with Crippen LogP contribution in [0.4, 0.5) is 5.69 Å².